The van der Waals surface area contributed by atoms with E-state index in [0.717, 1.165) is 70.1 Å². The number of hydrogen-bond acceptors (Lipinski definition) is 8. The third kappa shape index (κ3) is 44.0. The van der Waals surface area contributed by atoms with Gasteiger partial charge in [0.05, 0.1) is 25.0 Å². The summed E-state index contributed by atoms with van der Waals surface area (Å²) in [4.78, 5) is 58.1. The van der Waals surface area contributed by atoms with Gasteiger partial charge in [0, 0.05) is 12.5 Å². The zero-order valence-electron chi connectivity index (χ0n) is 57.5. The van der Waals surface area contributed by atoms with Gasteiger partial charge in [0.1, 0.15) is 12.0 Å². The van der Waals surface area contributed by atoms with Crippen LogP contribution >= 0.6 is 0 Å². The van der Waals surface area contributed by atoms with Crippen molar-refractivity contribution < 1.29 is 43.3 Å². The van der Waals surface area contributed by atoms with E-state index in [1.54, 1.807) is 31.2 Å². The van der Waals surface area contributed by atoms with Crippen LogP contribution in [0.25, 0.3) is 0 Å². The summed E-state index contributed by atoms with van der Waals surface area (Å²) in [6.45, 7) is 11.0. The fraction of sp³-hybridized carbons (Fsp3) is 0.859. The van der Waals surface area contributed by atoms with Crippen LogP contribution in [0.15, 0.2) is 30.3 Å². The molecule has 4 fully saturated rings. The van der Waals surface area contributed by atoms with Crippen molar-refractivity contribution in [3.63, 3.8) is 0 Å². The number of Topliss-reactive ketones (excluding diaryl/α,β-unsaturated/α-hetero) is 1. The number of ether oxygens (including phenoxy) is 3. The molecule has 0 aromatic heterocycles. The molecule has 4 unspecified atom stereocenters. The lowest BCUT2D eigenvalue weighted by molar-refractivity contribution is -0.153. The maximum Gasteiger partial charge on any atom is 0.316 e. The monoisotopic (exact) mass is 1220 g/mol. The number of carboxylic acid groups (broad SMARTS) is 1. The van der Waals surface area contributed by atoms with Gasteiger partial charge in [-0.1, -0.05) is 321 Å². The van der Waals surface area contributed by atoms with E-state index >= 15 is 0 Å². The first kappa shape index (κ1) is 79.9. The number of carboxylic acids is 1. The summed E-state index contributed by atoms with van der Waals surface area (Å²) in [5.41, 5.74) is 0.565. The molecule has 0 amide bonds. The Morgan fingerprint density at radius 1 is 0.437 bits per heavy atom. The Morgan fingerprint density at radius 2 is 0.839 bits per heavy atom. The average Bonchev–Trinajstić information content (AvgIpc) is 3.55. The van der Waals surface area contributed by atoms with Gasteiger partial charge in [-0.15, -0.1) is 0 Å². The molecule has 0 spiro atoms. The quantitative estimate of drug-likeness (QED) is 0.0223. The van der Waals surface area contributed by atoms with Gasteiger partial charge in [0.15, 0.2) is 5.78 Å². The van der Waals surface area contributed by atoms with Gasteiger partial charge in [-0.2, -0.15) is 0 Å². The summed E-state index contributed by atoms with van der Waals surface area (Å²) in [7, 11) is 0. The van der Waals surface area contributed by atoms with Crippen molar-refractivity contribution >= 4 is 29.7 Å². The first-order valence-electron chi connectivity index (χ1n) is 37.8. The number of benzene rings is 1. The molecule has 4 aliphatic rings. The Hall–Kier alpha value is -3.23. The molecular weight excluding hydrogens is 1080 g/mol. The Labute approximate surface area is 536 Å². The van der Waals surface area contributed by atoms with Gasteiger partial charge in [-0.3, -0.25) is 24.0 Å². The third-order valence-corrected chi connectivity index (χ3v) is 19.8. The molecule has 4 atom stereocenters. The molecule has 504 valence electrons. The minimum Gasteiger partial charge on any atom is -0.481 e. The Kier molecular flexibility index (Phi) is 52.1. The minimum absolute atomic E-state index is 0.00673. The van der Waals surface area contributed by atoms with Gasteiger partial charge < -0.3 is 19.3 Å². The fourth-order valence-electron chi connectivity index (χ4n) is 13.9. The van der Waals surface area contributed by atoms with Crippen LogP contribution < -0.4 is 0 Å². The second-order valence-corrected chi connectivity index (χ2v) is 27.5. The van der Waals surface area contributed by atoms with E-state index in [1.807, 2.05) is 6.07 Å². The summed E-state index contributed by atoms with van der Waals surface area (Å²) in [6, 6.07) is 8.90. The van der Waals surface area contributed by atoms with Crippen LogP contribution in [0.5, 0.6) is 0 Å². The zero-order chi connectivity index (χ0) is 63.1. The molecule has 0 bridgehead atoms. The highest BCUT2D eigenvalue weighted by molar-refractivity contribution is 6.08. The molecule has 1 N–H and O–H groups in total. The molecule has 0 saturated heterocycles. The molecule has 1 aromatic carbocycles. The standard InChI is InChI=1S/C27H52O2.C25H48O2.C16H20O3.C10H18O2/c1-3-4-5-6-7-8-9-10-11-12-13-14-15-16-17-21-24-29-27(28)25(2)26-22-19-18-20-23-26;1-2-3-4-5-6-7-8-9-10-11-12-13-14-15-16-17-20-23-21-18-19-22-24(23)25(26)27;1-12(15(17)13-8-4-2-5-9-13)16(18)19-14-10-6-3-7-11-14;1-9(11)12-8-7-10-5-3-2-4-6-10/h25-26H,3-24H2,1-2H3;23-24H,2-22H2,1H3,(H,26,27);2,4-5,8-9,12,14H,3,6-7,10-11H2,1H3;10H,2-8H2,1H3. The summed E-state index contributed by atoms with van der Waals surface area (Å²) in [5, 5.41) is 9.34. The summed E-state index contributed by atoms with van der Waals surface area (Å²) >= 11 is 0. The van der Waals surface area contributed by atoms with E-state index in [2.05, 4.69) is 20.8 Å². The molecule has 1 aromatic rings. The number of aliphatic carboxylic acids is 1. The number of hydrogen-bond donors (Lipinski definition) is 1. The fourth-order valence-corrected chi connectivity index (χ4v) is 13.9. The van der Waals surface area contributed by atoms with Crippen LogP contribution in [-0.2, 0) is 33.4 Å². The largest absolute Gasteiger partial charge is 0.481 e. The number of carbonyl (C=O) groups excluding carboxylic acids is 4. The van der Waals surface area contributed by atoms with Gasteiger partial charge in [0.2, 0.25) is 0 Å². The zero-order valence-corrected chi connectivity index (χ0v) is 57.5. The second kappa shape index (κ2) is 56.7. The van der Waals surface area contributed by atoms with Crippen LogP contribution in [0, 0.1) is 35.5 Å². The third-order valence-electron chi connectivity index (χ3n) is 19.8. The van der Waals surface area contributed by atoms with Crippen LogP contribution in [0.3, 0.4) is 0 Å². The number of carbonyl (C=O) groups is 5. The highest BCUT2D eigenvalue weighted by Gasteiger charge is 2.31. The number of esters is 3. The maximum atomic E-state index is 12.2. The lowest BCUT2D eigenvalue weighted by atomic mass is 9.76. The first-order chi connectivity index (χ1) is 42.5. The highest BCUT2D eigenvalue weighted by Crippen LogP contribution is 2.35. The normalized spacial score (nSPS) is 18.1. The number of rotatable bonds is 44. The van der Waals surface area contributed by atoms with Crippen molar-refractivity contribution in [3.05, 3.63) is 35.9 Å². The van der Waals surface area contributed by atoms with Gasteiger partial charge >= 0.3 is 23.9 Å². The maximum absolute atomic E-state index is 12.2. The molecular formula is C78H138O9. The lowest BCUT2D eigenvalue weighted by Crippen LogP contribution is -2.29. The second-order valence-electron chi connectivity index (χ2n) is 27.5. The van der Waals surface area contributed by atoms with Gasteiger partial charge in [-0.05, 0) is 95.3 Å². The molecule has 5 rings (SSSR count). The van der Waals surface area contributed by atoms with Crippen molar-refractivity contribution in [3.8, 4) is 0 Å². The van der Waals surface area contributed by atoms with Crippen molar-refractivity contribution in [2.24, 2.45) is 35.5 Å². The predicted octanol–water partition coefficient (Wildman–Crippen LogP) is 23.4. The molecule has 87 heavy (non-hydrogen) atoms. The topological polar surface area (TPSA) is 133 Å². The van der Waals surface area contributed by atoms with Crippen LogP contribution in [-0.4, -0.2) is 54.1 Å². The lowest BCUT2D eigenvalue weighted by Gasteiger charge is -2.28. The van der Waals surface area contributed by atoms with Crippen molar-refractivity contribution in [2.45, 2.75) is 381 Å². The number of unbranched alkanes of at least 4 members (excludes halogenated alkanes) is 30. The van der Waals surface area contributed by atoms with Crippen LogP contribution in [0.1, 0.15) is 385 Å². The summed E-state index contributed by atoms with van der Waals surface area (Å²) in [5.74, 6) is 0.000777. The molecule has 0 heterocycles. The summed E-state index contributed by atoms with van der Waals surface area (Å²) < 4.78 is 15.9. The van der Waals surface area contributed by atoms with Gasteiger partial charge in [0.25, 0.3) is 0 Å². The predicted molar refractivity (Wildman–Crippen MR) is 364 cm³/mol. The Morgan fingerprint density at radius 3 is 1.29 bits per heavy atom. The smallest absolute Gasteiger partial charge is 0.316 e. The molecule has 0 aliphatic heterocycles. The van der Waals surface area contributed by atoms with Crippen molar-refractivity contribution in [1.82, 2.24) is 0 Å². The van der Waals surface area contributed by atoms with E-state index in [9.17, 15) is 29.1 Å². The summed E-state index contributed by atoms with van der Waals surface area (Å²) in [6.07, 6.45) is 69.5. The molecule has 4 aliphatic carbocycles. The SMILES string of the molecule is CC(=O)OCCC1CCCCC1.CC(C(=O)OC1CCCCC1)C(=O)c1ccccc1.CCCCCCCCCCCCCCCCCCC1CCCCC1C(=O)O.CCCCCCCCCCCCCCCCCCOC(=O)C(C)C1CCCCC1. The number of ketones is 1. The average molecular weight is 1220 g/mol. The van der Waals surface area contributed by atoms with E-state index in [-0.39, 0.29) is 41.6 Å². The van der Waals surface area contributed by atoms with Crippen LogP contribution in [0.2, 0.25) is 0 Å². The Bertz CT molecular complexity index is 1760. The van der Waals surface area contributed by atoms with Crippen LogP contribution in [0.4, 0.5) is 0 Å². The molecule has 9 heteroatoms. The van der Waals surface area contributed by atoms with Crippen molar-refractivity contribution in [2.75, 3.05) is 13.2 Å². The van der Waals surface area contributed by atoms with Gasteiger partial charge in [-0.25, -0.2) is 0 Å². The van der Waals surface area contributed by atoms with E-state index < -0.39 is 11.9 Å². The van der Waals surface area contributed by atoms with Crippen molar-refractivity contribution in [1.29, 1.82) is 0 Å². The van der Waals surface area contributed by atoms with E-state index in [1.165, 1.54) is 283 Å². The highest BCUT2D eigenvalue weighted by atomic mass is 16.5. The minimum atomic E-state index is -0.718. The first-order valence-corrected chi connectivity index (χ1v) is 37.8. The van der Waals surface area contributed by atoms with E-state index in [0.29, 0.717) is 30.6 Å². The van der Waals surface area contributed by atoms with E-state index in [4.69, 9.17) is 14.2 Å². The molecule has 0 radical (unpaired) electrons. The molecule has 9 nitrogen and oxygen atoms in total. The molecule has 4 saturated carbocycles. The Balaban J connectivity index is 0.000000412.